The fourth-order valence-electron chi connectivity index (χ4n) is 7.76. The van der Waals surface area contributed by atoms with Crippen LogP contribution in [-0.2, 0) is 35.0 Å². The summed E-state index contributed by atoms with van der Waals surface area (Å²) in [5.74, 6) is -0.758. The second kappa shape index (κ2) is 9.13. The molecule has 4 aliphatic rings. The van der Waals surface area contributed by atoms with Gasteiger partial charge in [0.2, 0.25) is 11.5 Å². The molecule has 4 rings (SSSR count). The molecule has 4 aliphatic carbocycles. The summed E-state index contributed by atoms with van der Waals surface area (Å²) in [5, 5.41) is 11.6. The minimum atomic E-state index is -1.62. The molecular formula is C25H36O8S. The standard InChI is InChI=1S/C25H36O8S/c1-5-31-22(29)33-25(21(28)32-14-34(4)30)11-9-18-17-7-6-15-12-16(26)8-10-23(15,2)20(17)19(27)13-24(18,25)3/h12,17-20,27H,5-11,13-14H2,1-4H3/t17-,18-,19?,20-,23-,24-,25?,34?/m0/s1. The van der Waals surface area contributed by atoms with E-state index in [0.717, 1.165) is 18.4 Å². The normalized spacial score (nSPS) is 41.9. The van der Waals surface area contributed by atoms with Gasteiger partial charge in [0.25, 0.3) is 0 Å². The van der Waals surface area contributed by atoms with E-state index in [9.17, 15) is 24.0 Å². The summed E-state index contributed by atoms with van der Waals surface area (Å²) in [7, 11) is 0. The van der Waals surface area contributed by atoms with E-state index in [1.165, 1.54) is 6.26 Å². The fourth-order valence-corrected chi connectivity index (χ4v) is 8.04. The first-order chi connectivity index (χ1) is 16.0. The lowest BCUT2D eigenvalue weighted by molar-refractivity contribution is -0.202. The van der Waals surface area contributed by atoms with Crippen molar-refractivity contribution in [3.05, 3.63) is 11.6 Å². The molecule has 0 aromatic heterocycles. The highest BCUT2D eigenvalue weighted by Gasteiger charge is 2.71. The minimum Gasteiger partial charge on any atom is -0.614 e. The van der Waals surface area contributed by atoms with E-state index >= 15 is 0 Å². The van der Waals surface area contributed by atoms with E-state index in [-0.39, 0.29) is 54.3 Å². The van der Waals surface area contributed by atoms with Gasteiger partial charge in [-0.2, -0.15) is 0 Å². The predicted octanol–water partition coefficient (Wildman–Crippen LogP) is 3.28. The molecule has 0 heterocycles. The van der Waals surface area contributed by atoms with Gasteiger partial charge in [-0.1, -0.05) is 19.4 Å². The first-order valence-electron chi connectivity index (χ1n) is 12.2. The van der Waals surface area contributed by atoms with Gasteiger partial charge in [0, 0.05) is 11.8 Å². The van der Waals surface area contributed by atoms with Crippen molar-refractivity contribution in [3.63, 3.8) is 0 Å². The summed E-state index contributed by atoms with van der Waals surface area (Å²) in [5.41, 5.74) is -1.61. The highest BCUT2D eigenvalue weighted by atomic mass is 32.2. The van der Waals surface area contributed by atoms with E-state index < -0.39 is 40.4 Å². The first-order valence-corrected chi connectivity index (χ1v) is 14.0. The molecule has 0 saturated heterocycles. The lowest BCUT2D eigenvalue weighted by atomic mass is 9.45. The van der Waals surface area contributed by atoms with Crippen molar-refractivity contribution in [2.24, 2.45) is 28.6 Å². The van der Waals surface area contributed by atoms with Crippen LogP contribution in [0.15, 0.2) is 11.6 Å². The Morgan fingerprint density at radius 1 is 1.21 bits per heavy atom. The van der Waals surface area contributed by atoms with E-state index in [0.29, 0.717) is 19.3 Å². The zero-order valence-corrected chi connectivity index (χ0v) is 21.3. The van der Waals surface area contributed by atoms with Crippen LogP contribution in [0.2, 0.25) is 0 Å². The molecule has 34 heavy (non-hydrogen) atoms. The van der Waals surface area contributed by atoms with Crippen LogP contribution in [0.5, 0.6) is 0 Å². The molecule has 0 radical (unpaired) electrons. The number of aliphatic hydroxyl groups is 1. The van der Waals surface area contributed by atoms with Crippen LogP contribution in [0.25, 0.3) is 0 Å². The molecule has 0 spiro atoms. The number of allylic oxidation sites excluding steroid dienone is 1. The van der Waals surface area contributed by atoms with Crippen LogP contribution in [0.4, 0.5) is 4.79 Å². The van der Waals surface area contributed by atoms with Crippen molar-refractivity contribution in [1.82, 2.24) is 0 Å². The van der Waals surface area contributed by atoms with E-state index in [2.05, 4.69) is 6.92 Å². The van der Waals surface area contributed by atoms with Gasteiger partial charge in [0.1, 0.15) is 0 Å². The Morgan fingerprint density at radius 2 is 1.94 bits per heavy atom. The molecule has 8 nitrogen and oxygen atoms in total. The van der Waals surface area contributed by atoms with Crippen molar-refractivity contribution >= 4 is 29.1 Å². The van der Waals surface area contributed by atoms with Crippen LogP contribution in [0.1, 0.15) is 65.7 Å². The van der Waals surface area contributed by atoms with Gasteiger partial charge in [-0.15, -0.1) is 0 Å². The van der Waals surface area contributed by atoms with Crippen LogP contribution in [0, 0.1) is 28.6 Å². The van der Waals surface area contributed by atoms with Crippen molar-refractivity contribution in [2.45, 2.75) is 77.4 Å². The van der Waals surface area contributed by atoms with Crippen molar-refractivity contribution in [3.8, 4) is 0 Å². The maximum absolute atomic E-state index is 13.4. The maximum atomic E-state index is 13.4. The SMILES string of the molecule is CCOC(=O)OC1(C(=O)OC[S+](C)[O-])CC[C@H]2[C@@H]3CCC4=CC(=O)CC[C@]4(C)[C@@H]3C(O)C[C@@]21C. The maximum Gasteiger partial charge on any atom is 0.509 e. The second-order valence-corrected chi connectivity index (χ2v) is 12.2. The Bertz CT molecular complexity index is 886. The second-order valence-electron chi connectivity index (χ2n) is 10.9. The van der Waals surface area contributed by atoms with E-state index in [4.69, 9.17) is 14.2 Å². The summed E-state index contributed by atoms with van der Waals surface area (Å²) in [6.07, 6.45) is 5.49. The Labute approximate surface area is 203 Å². The van der Waals surface area contributed by atoms with E-state index in [1.54, 1.807) is 13.0 Å². The third-order valence-corrected chi connectivity index (χ3v) is 9.67. The highest BCUT2D eigenvalue weighted by Crippen LogP contribution is 2.68. The molecule has 3 saturated carbocycles. The molecule has 3 fully saturated rings. The molecule has 8 atom stereocenters. The highest BCUT2D eigenvalue weighted by molar-refractivity contribution is 7.90. The molecular weight excluding hydrogens is 460 g/mol. The number of carbonyl (C=O) groups is 3. The summed E-state index contributed by atoms with van der Waals surface area (Å²) in [4.78, 5) is 38.0. The minimum absolute atomic E-state index is 0.0194. The predicted molar refractivity (Wildman–Crippen MR) is 124 cm³/mol. The molecule has 0 bridgehead atoms. The summed E-state index contributed by atoms with van der Waals surface area (Å²) < 4.78 is 27.8. The third-order valence-electron chi connectivity index (χ3n) is 9.22. The molecule has 0 aromatic carbocycles. The quantitative estimate of drug-likeness (QED) is 0.454. The number of ether oxygens (including phenoxy) is 3. The van der Waals surface area contributed by atoms with Gasteiger partial charge in [0.05, 0.1) is 19.0 Å². The van der Waals surface area contributed by atoms with Crippen LogP contribution in [0.3, 0.4) is 0 Å². The number of hydrogen-bond donors (Lipinski definition) is 1. The fraction of sp³-hybridized carbons (Fsp3) is 0.800. The average Bonchev–Trinajstić information content (AvgIpc) is 3.04. The van der Waals surface area contributed by atoms with Gasteiger partial charge >= 0.3 is 12.1 Å². The van der Waals surface area contributed by atoms with Crippen molar-refractivity contribution in [1.29, 1.82) is 0 Å². The first kappa shape index (κ1) is 25.5. The van der Waals surface area contributed by atoms with Crippen LogP contribution >= 0.6 is 0 Å². The number of hydrogen-bond acceptors (Lipinski definition) is 8. The summed E-state index contributed by atoms with van der Waals surface area (Å²) >= 11 is -1.37. The number of aliphatic hydroxyl groups excluding tert-OH is 1. The van der Waals surface area contributed by atoms with Crippen LogP contribution in [-0.4, -0.2) is 58.1 Å². The number of esters is 1. The number of fused-ring (bicyclic) bond motifs is 5. The van der Waals surface area contributed by atoms with Gasteiger partial charge in [-0.3, -0.25) is 4.79 Å². The Balaban J connectivity index is 1.71. The van der Waals surface area contributed by atoms with Crippen LogP contribution < -0.4 is 0 Å². The monoisotopic (exact) mass is 496 g/mol. The van der Waals surface area contributed by atoms with Gasteiger partial charge in [0.15, 0.2) is 5.78 Å². The third kappa shape index (κ3) is 3.88. The zero-order chi connectivity index (χ0) is 24.9. The zero-order valence-electron chi connectivity index (χ0n) is 20.5. The molecule has 3 unspecified atom stereocenters. The van der Waals surface area contributed by atoms with E-state index in [1.807, 2.05) is 6.92 Å². The largest absolute Gasteiger partial charge is 0.614 e. The lowest BCUT2D eigenvalue weighted by Crippen LogP contribution is -2.63. The molecule has 1 N–H and O–H groups in total. The van der Waals surface area contributed by atoms with Gasteiger partial charge < -0.3 is 23.9 Å². The van der Waals surface area contributed by atoms with Gasteiger partial charge in [-0.25, -0.2) is 9.59 Å². The van der Waals surface area contributed by atoms with Gasteiger partial charge in [-0.05, 0) is 85.9 Å². The number of carbonyl (C=O) groups excluding carboxylic acids is 3. The van der Waals surface area contributed by atoms with Crippen molar-refractivity contribution < 1.29 is 38.3 Å². The molecule has 9 heteroatoms. The lowest BCUT2D eigenvalue weighted by Gasteiger charge is -2.60. The molecule has 190 valence electrons. The number of ketones is 1. The van der Waals surface area contributed by atoms with Crippen molar-refractivity contribution in [2.75, 3.05) is 18.8 Å². The summed E-state index contributed by atoms with van der Waals surface area (Å²) in [6.45, 7) is 5.83. The molecule has 0 amide bonds. The topological polar surface area (TPSA) is 122 Å². The average molecular weight is 497 g/mol. The Kier molecular flexibility index (Phi) is 6.85. The Morgan fingerprint density at radius 3 is 2.62 bits per heavy atom. The Hall–Kier alpha value is -1.58. The molecule has 0 aliphatic heterocycles. The molecule has 0 aromatic rings. The number of rotatable bonds is 5. The smallest absolute Gasteiger partial charge is 0.509 e. The summed E-state index contributed by atoms with van der Waals surface area (Å²) in [6, 6.07) is 0.